The van der Waals surface area contributed by atoms with E-state index in [-0.39, 0.29) is 17.8 Å². The highest BCUT2D eigenvalue weighted by atomic mass is 32.2. The molecule has 3 N–H and O–H groups in total. The van der Waals surface area contributed by atoms with Crippen molar-refractivity contribution >= 4 is 21.6 Å². The Morgan fingerprint density at radius 1 is 1.25 bits per heavy atom. The van der Waals surface area contributed by atoms with Gasteiger partial charge in [-0.3, -0.25) is 9.52 Å². The van der Waals surface area contributed by atoms with E-state index in [1.54, 1.807) is 31.2 Å². The van der Waals surface area contributed by atoms with E-state index in [4.69, 9.17) is 4.42 Å². The summed E-state index contributed by atoms with van der Waals surface area (Å²) in [5, 5.41) is 13.0. The fraction of sp³-hybridized carbons (Fsp3) is 0.312. The van der Waals surface area contributed by atoms with Crippen molar-refractivity contribution in [2.75, 3.05) is 17.5 Å². The van der Waals surface area contributed by atoms with E-state index in [1.165, 1.54) is 19.1 Å². The predicted molar refractivity (Wildman–Crippen MR) is 90.3 cm³/mol. The van der Waals surface area contributed by atoms with Gasteiger partial charge in [0.05, 0.1) is 24.1 Å². The SMILES string of the molecule is Cc1ccc(C(C)(O)CNC(=O)c2ccccc2NS(C)(=O)=O)o1. The molecular formula is C16H20N2O5S. The smallest absolute Gasteiger partial charge is 0.253 e. The molecule has 1 aromatic heterocycles. The Morgan fingerprint density at radius 2 is 1.92 bits per heavy atom. The van der Waals surface area contributed by atoms with E-state index in [9.17, 15) is 18.3 Å². The zero-order valence-electron chi connectivity index (χ0n) is 13.7. The van der Waals surface area contributed by atoms with Crippen LogP contribution in [-0.2, 0) is 15.6 Å². The van der Waals surface area contributed by atoms with Gasteiger partial charge in [0.25, 0.3) is 5.91 Å². The zero-order valence-corrected chi connectivity index (χ0v) is 14.5. The van der Waals surface area contributed by atoms with Crippen LogP contribution in [0.3, 0.4) is 0 Å². The highest BCUT2D eigenvalue weighted by molar-refractivity contribution is 7.92. The molecular weight excluding hydrogens is 332 g/mol. The van der Waals surface area contributed by atoms with E-state index in [1.807, 2.05) is 0 Å². The minimum atomic E-state index is -3.51. The first kappa shape index (κ1) is 18.0. The van der Waals surface area contributed by atoms with Crippen LogP contribution in [0, 0.1) is 6.92 Å². The fourth-order valence-electron chi connectivity index (χ4n) is 2.13. The van der Waals surface area contributed by atoms with Crippen LogP contribution in [0.2, 0.25) is 0 Å². The second-order valence-electron chi connectivity index (χ2n) is 5.79. The summed E-state index contributed by atoms with van der Waals surface area (Å²) in [6.45, 7) is 3.18. The zero-order chi connectivity index (χ0) is 18.0. The summed E-state index contributed by atoms with van der Waals surface area (Å²) in [5.74, 6) is 0.479. The standard InChI is InChI=1S/C16H20N2O5S/c1-11-8-9-14(23-11)16(2,20)10-17-15(19)12-6-4-5-7-13(12)18-24(3,21)22/h4-9,18,20H,10H2,1-3H3,(H,17,19). The second-order valence-corrected chi connectivity index (χ2v) is 7.54. The van der Waals surface area contributed by atoms with Crippen LogP contribution >= 0.6 is 0 Å². The molecule has 0 spiro atoms. The highest BCUT2D eigenvalue weighted by Crippen LogP contribution is 2.22. The molecule has 0 aliphatic heterocycles. The summed E-state index contributed by atoms with van der Waals surface area (Å²) in [7, 11) is -3.51. The molecule has 1 unspecified atom stereocenters. The Kier molecular flexibility index (Phi) is 5.00. The lowest BCUT2D eigenvalue weighted by Crippen LogP contribution is -2.38. The topological polar surface area (TPSA) is 109 Å². The third kappa shape index (κ3) is 4.59. The number of aryl methyl sites for hydroxylation is 1. The molecule has 0 bridgehead atoms. The molecule has 0 aliphatic carbocycles. The van der Waals surface area contributed by atoms with Crippen LogP contribution in [0.5, 0.6) is 0 Å². The molecule has 130 valence electrons. The Balaban J connectivity index is 2.13. The molecule has 0 aliphatic rings. The summed E-state index contributed by atoms with van der Waals surface area (Å²) in [6, 6.07) is 9.58. The van der Waals surface area contributed by atoms with Crippen molar-refractivity contribution in [2.45, 2.75) is 19.4 Å². The van der Waals surface area contributed by atoms with E-state index in [0.29, 0.717) is 11.5 Å². The summed E-state index contributed by atoms with van der Waals surface area (Å²) < 4.78 is 30.4. The average Bonchev–Trinajstić information content (AvgIpc) is 2.91. The quantitative estimate of drug-likeness (QED) is 0.732. The number of hydrogen-bond acceptors (Lipinski definition) is 5. The van der Waals surface area contributed by atoms with Gasteiger partial charge >= 0.3 is 0 Å². The average molecular weight is 352 g/mol. The van der Waals surface area contributed by atoms with Gasteiger partial charge in [-0.25, -0.2) is 8.42 Å². The first-order chi connectivity index (χ1) is 11.1. The first-order valence-corrected chi connectivity index (χ1v) is 9.12. The monoisotopic (exact) mass is 352 g/mol. The molecule has 0 fully saturated rings. The molecule has 1 atom stereocenters. The number of hydrogen-bond donors (Lipinski definition) is 3. The number of sulfonamides is 1. The van der Waals surface area contributed by atoms with Crippen molar-refractivity contribution in [1.29, 1.82) is 0 Å². The molecule has 1 heterocycles. The van der Waals surface area contributed by atoms with Crippen LogP contribution in [0.15, 0.2) is 40.8 Å². The molecule has 2 aromatic rings. The first-order valence-electron chi connectivity index (χ1n) is 7.23. The van der Waals surface area contributed by atoms with Crippen LogP contribution in [0.25, 0.3) is 0 Å². The molecule has 0 radical (unpaired) electrons. The van der Waals surface area contributed by atoms with Gasteiger partial charge in [0.15, 0.2) is 0 Å². The number of nitrogens with one attached hydrogen (secondary N) is 2. The fourth-order valence-corrected chi connectivity index (χ4v) is 2.71. The number of para-hydroxylation sites is 1. The number of aliphatic hydroxyl groups is 1. The Labute approximate surface area is 140 Å². The molecule has 1 amide bonds. The summed E-state index contributed by atoms with van der Waals surface area (Å²) in [5.41, 5.74) is -1.05. The molecule has 24 heavy (non-hydrogen) atoms. The van der Waals surface area contributed by atoms with Crippen molar-refractivity contribution in [2.24, 2.45) is 0 Å². The maximum absolute atomic E-state index is 12.3. The predicted octanol–water partition coefficient (Wildman–Crippen LogP) is 1.60. The number of furan rings is 1. The number of amides is 1. The third-order valence-electron chi connectivity index (χ3n) is 3.33. The minimum absolute atomic E-state index is 0.0913. The summed E-state index contributed by atoms with van der Waals surface area (Å²) in [6.07, 6.45) is 1.01. The molecule has 0 saturated heterocycles. The van der Waals surface area contributed by atoms with Crippen molar-refractivity contribution in [3.63, 3.8) is 0 Å². The summed E-state index contributed by atoms with van der Waals surface area (Å²) in [4.78, 5) is 12.3. The number of carbonyl (C=O) groups excluding carboxylic acids is 1. The summed E-state index contributed by atoms with van der Waals surface area (Å²) >= 11 is 0. The van der Waals surface area contributed by atoms with E-state index < -0.39 is 21.5 Å². The number of carbonyl (C=O) groups is 1. The minimum Gasteiger partial charge on any atom is -0.463 e. The van der Waals surface area contributed by atoms with E-state index in [0.717, 1.165) is 6.26 Å². The van der Waals surface area contributed by atoms with E-state index in [2.05, 4.69) is 10.0 Å². The number of anilines is 1. The molecule has 0 saturated carbocycles. The molecule has 7 nitrogen and oxygen atoms in total. The Hall–Kier alpha value is -2.32. The van der Waals surface area contributed by atoms with Gasteiger partial charge < -0.3 is 14.8 Å². The van der Waals surface area contributed by atoms with Crippen molar-refractivity contribution < 1.29 is 22.7 Å². The number of benzene rings is 1. The molecule has 8 heteroatoms. The molecule has 2 rings (SSSR count). The largest absolute Gasteiger partial charge is 0.463 e. The van der Waals surface area contributed by atoms with Crippen LogP contribution in [0.4, 0.5) is 5.69 Å². The van der Waals surface area contributed by atoms with Gasteiger partial charge in [0.2, 0.25) is 10.0 Å². The second kappa shape index (κ2) is 6.66. The number of rotatable bonds is 6. The lowest BCUT2D eigenvalue weighted by atomic mass is 10.0. The third-order valence-corrected chi connectivity index (χ3v) is 3.92. The normalized spacial score (nSPS) is 14.0. The van der Waals surface area contributed by atoms with Gasteiger partial charge in [-0.1, -0.05) is 12.1 Å². The van der Waals surface area contributed by atoms with Gasteiger partial charge in [-0.05, 0) is 38.1 Å². The Morgan fingerprint density at radius 3 is 2.50 bits per heavy atom. The maximum atomic E-state index is 12.3. The lowest BCUT2D eigenvalue weighted by molar-refractivity contribution is 0.0323. The van der Waals surface area contributed by atoms with Crippen molar-refractivity contribution in [3.05, 3.63) is 53.5 Å². The lowest BCUT2D eigenvalue weighted by Gasteiger charge is -2.21. The van der Waals surface area contributed by atoms with Crippen molar-refractivity contribution in [1.82, 2.24) is 5.32 Å². The van der Waals surface area contributed by atoms with E-state index >= 15 is 0 Å². The van der Waals surface area contributed by atoms with Crippen LogP contribution in [-0.4, -0.2) is 32.2 Å². The maximum Gasteiger partial charge on any atom is 0.253 e. The van der Waals surface area contributed by atoms with Gasteiger partial charge in [0, 0.05) is 0 Å². The van der Waals surface area contributed by atoms with Crippen LogP contribution < -0.4 is 10.0 Å². The van der Waals surface area contributed by atoms with Gasteiger partial charge in [0.1, 0.15) is 17.1 Å². The Bertz CT molecular complexity index is 840. The molecule has 1 aromatic carbocycles. The van der Waals surface area contributed by atoms with Gasteiger partial charge in [-0.15, -0.1) is 0 Å². The van der Waals surface area contributed by atoms with Gasteiger partial charge in [-0.2, -0.15) is 0 Å². The van der Waals surface area contributed by atoms with Crippen molar-refractivity contribution in [3.8, 4) is 0 Å². The van der Waals surface area contributed by atoms with Crippen LogP contribution in [0.1, 0.15) is 28.8 Å². The highest BCUT2D eigenvalue weighted by Gasteiger charge is 2.28.